The second kappa shape index (κ2) is 11.5. The first-order chi connectivity index (χ1) is 19.2. The van der Waals surface area contributed by atoms with Crippen molar-refractivity contribution < 1.29 is 14.1 Å². The van der Waals surface area contributed by atoms with Gasteiger partial charge in [-0.15, -0.1) is 0 Å². The summed E-state index contributed by atoms with van der Waals surface area (Å²) in [7, 11) is 1.57. The fourth-order valence-corrected chi connectivity index (χ4v) is 5.24. The maximum absolute atomic E-state index is 14.0. The molecule has 11 heteroatoms. The van der Waals surface area contributed by atoms with Crippen molar-refractivity contribution in [2.75, 3.05) is 13.4 Å². The number of pyridine rings is 1. The molecule has 40 heavy (non-hydrogen) atoms. The highest BCUT2D eigenvalue weighted by atomic mass is 32.2. The molecule has 2 aromatic heterocycles. The van der Waals surface area contributed by atoms with Gasteiger partial charge in [0.25, 0.3) is 5.91 Å². The maximum atomic E-state index is 14.0. The van der Waals surface area contributed by atoms with Crippen LogP contribution in [0.1, 0.15) is 69.3 Å². The Kier molecular flexibility index (Phi) is 8.04. The Morgan fingerprint density at radius 3 is 2.58 bits per heavy atom. The highest BCUT2D eigenvalue weighted by Gasteiger charge is 2.42. The van der Waals surface area contributed by atoms with Gasteiger partial charge in [-0.2, -0.15) is 0 Å². The summed E-state index contributed by atoms with van der Waals surface area (Å²) in [4.78, 5) is 39.3. The molecule has 10 nitrogen and oxygen atoms in total. The van der Waals surface area contributed by atoms with Crippen molar-refractivity contribution in [1.29, 1.82) is 0 Å². The molecule has 2 unspecified atom stereocenters. The quantitative estimate of drug-likeness (QED) is 0.459. The summed E-state index contributed by atoms with van der Waals surface area (Å²) in [6.45, 7) is 10.6. The number of hydrogen-bond acceptors (Lipinski definition) is 9. The number of amidine groups is 2. The molecule has 2 fully saturated rings. The first-order valence-corrected chi connectivity index (χ1v) is 15.0. The summed E-state index contributed by atoms with van der Waals surface area (Å²) < 4.78 is 17.3. The number of allylic oxidation sites excluding steroid dienone is 1. The van der Waals surface area contributed by atoms with E-state index in [1.807, 2.05) is 13.8 Å². The molecule has 1 aliphatic heterocycles. The van der Waals surface area contributed by atoms with Gasteiger partial charge < -0.3 is 14.6 Å². The summed E-state index contributed by atoms with van der Waals surface area (Å²) in [5.41, 5.74) is 4.23. The molecular weight excluding hydrogens is 526 g/mol. The predicted octanol–water partition coefficient (Wildman–Crippen LogP) is 3.99. The van der Waals surface area contributed by atoms with Crippen LogP contribution in [0.4, 0.5) is 0 Å². The molecule has 210 valence electrons. The van der Waals surface area contributed by atoms with Crippen molar-refractivity contribution in [3.63, 3.8) is 0 Å². The van der Waals surface area contributed by atoms with E-state index < -0.39 is 11.2 Å². The van der Waals surface area contributed by atoms with Crippen LogP contribution in [0.5, 0.6) is 5.88 Å². The molecule has 1 amide bonds. The van der Waals surface area contributed by atoms with E-state index in [9.17, 15) is 9.35 Å². The van der Waals surface area contributed by atoms with Crippen molar-refractivity contribution in [3.8, 4) is 5.88 Å². The van der Waals surface area contributed by atoms with Crippen LogP contribution in [-0.2, 0) is 22.5 Å². The minimum Gasteiger partial charge on any atom is -0.612 e. The number of hydrogen-bond donors (Lipinski definition) is 1. The average molecular weight is 562 g/mol. The van der Waals surface area contributed by atoms with Gasteiger partial charge in [0.05, 0.1) is 42.5 Å². The number of ether oxygens (including phenoxy) is 1. The van der Waals surface area contributed by atoms with Crippen LogP contribution in [0.15, 0.2) is 57.4 Å². The molecule has 0 spiro atoms. The maximum Gasteiger partial charge on any atom is 0.295 e. The van der Waals surface area contributed by atoms with Crippen LogP contribution in [0, 0.1) is 5.92 Å². The van der Waals surface area contributed by atoms with Crippen LogP contribution in [0.25, 0.3) is 5.70 Å². The molecule has 2 atom stereocenters. The smallest absolute Gasteiger partial charge is 0.295 e. The third kappa shape index (κ3) is 5.80. The topological polar surface area (TPSA) is 128 Å². The Labute approximate surface area is 238 Å². The summed E-state index contributed by atoms with van der Waals surface area (Å²) in [6.07, 6.45) is 8.93. The molecule has 0 radical (unpaired) electrons. The summed E-state index contributed by atoms with van der Waals surface area (Å²) in [5.74, 6) is 1.60. The van der Waals surface area contributed by atoms with Crippen LogP contribution in [-0.4, -0.2) is 61.4 Å². The highest BCUT2D eigenvalue weighted by Crippen LogP contribution is 2.44. The lowest BCUT2D eigenvalue weighted by Gasteiger charge is -2.35. The molecule has 0 saturated heterocycles. The van der Waals surface area contributed by atoms with Gasteiger partial charge in [-0.1, -0.05) is 6.58 Å². The first kappa shape index (κ1) is 28.0. The molecule has 2 aromatic rings. The van der Waals surface area contributed by atoms with Crippen LogP contribution in [0.3, 0.4) is 0 Å². The number of nitrogens with zero attached hydrogens (tertiary/aromatic N) is 6. The molecule has 0 aromatic carbocycles. The Morgan fingerprint density at radius 2 is 2.00 bits per heavy atom. The minimum atomic E-state index is -1.11. The molecule has 0 bridgehead atoms. The predicted molar refractivity (Wildman–Crippen MR) is 155 cm³/mol. The Morgan fingerprint density at radius 1 is 1.25 bits per heavy atom. The van der Waals surface area contributed by atoms with Gasteiger partial charge in [0, 0.05) is 12.0 Å². The zero-order valence-electron chi connectivity index (χ0n) is 23.6. The normalized spacial score (nSPS) is 19.8. The van der Waals surface area contributed by atoms with E-state index in [1.165, 1.54) is 6.33 Å². The molecular formula is C29H35N7O3S. The minimum absolute atomic E-state index is 0.0746. The standard InChI is InChI=1S/C29H35N7O3S/c1-16(2)24-27(34-17(3)23-25(20-9-10-20)32-15-33-28(23)39-5)36(18(4)19-7-8-19)29(37)26(35-24)31-13-21-11-12-22(14-30-21)40(6)38/h11-12,14-15,18-20H,3,7-10,13H2,1-2,4-6H3,(H,31,35)/b34-27+. The number of aliphatic imine (C=N–C) groups is 2. The van der Waals surface area contributed by atoms with E-state index in [0.717, 1.165) is 37.0 Å². The SMILES string of the molecule is C=C(/N=C1\C(=C(C)C)N=C(NCc2ccc([S+](C)[O-])cn2)C(=O)N1C(C)C1CC1)c1c(OC)ncnc1C1CC1. The summed E-state index contributed by atoms with van der Waals surface area (Å²) in [5, 5.41) is 3.19. The Balaban J connectivity index is 1.51. The van der Waals surface area contributed by atoms with E-state index in [4.69, 9.17) is 14.7 Å². The van der Waals surface area contributed by atoms with Crippen molar-refractivity contribution in [2.45, 2.75) is 69.9 Å². The van der Waals surface area contributed by atoms with Crippen LogP contribution >= 0.6 is 0 Å². The third-order valence-corrected chi connectivity index (χ3v) is 8.27. The number of rotatable bonds is 9. The van der Waals surface area contributed by atoms with Gasteiger partial charge in [-0.25, -0.2) is 20.0 Å². The highest BCUT2D eigenvalue weighted by molar-refractivity contribution is 7.90. The fourth-order valence-electron chi connectivity index (χ4n) is 4.78. The molecule has 5 rings (SSSR count). The van der Waals surface area contributed by atoms with Gasteiger partial charge >= 0.3 is 0 Å². The van der Waals surface area contributed by atoms with Gasteiger partial charge in [-0.05, 0) is 81.3 Å². The zero-order chi connectivity index (χ0) is 28.6. The number of amides is 1. The van der Waals surface area contributed by atoms with Gasteiger partial charge in [0.2, 0.25) is 5.88 Å². The van der Waals surface area contributed by atoms with E-state index >= 15 is 0 Å². The van der Waals surface area contributed by atoms with E-state index in [1.54, 1.807) is 36.6 Å². The lowest BCUT2D eigenvalue weighted by atomic mass is 10.1. The molecule has 2 aliphatic carbocycles. The van der Waals surface area contributed by atoms with Gasteiger partial charge in [-0.3, -0.25) is 14.7 Å². The number of nitrogens with one attached hydrogen (secondary N) is 1. The van der Waals surface area contributed by atoms with Crippen molar-refractivity contribution >= 4 is 34.5 Å². The monoisotopic (exact) mass is 561 g/mol. The van der Waals surface area contributed by atoms with Gasteiger partial charge in [0.1, 0.15) is 18.3 Å². The average Bonchev–Trinajstić information content (AvgIpc) is 3.85. The van der Waals surface area contributed by atoms with E-state index in [0.29, 0.717) is 57.6 Å². The van der Waals surface area contributed by atoms with Crippen molar-refractivity contribution in [1.82, 2.24) is 25.2 Å². The second-order valence-corrected chi connectivity index (χ2v) is 12.0. The number of carbonyl (C=O) groups is 1. The number of carbonyl (C=O) groups excluding carboxylic acids is 1. The first-order valence-electron chi connectivity index (χ1n) is 13.5. The van der Waals surface area contributed by atoms with Crippen LogP contribution < -0.4 is 10.1 Å². The summed E-state index contributed by atoms with van der Waals surface area (Å²) >= 11 is -1.11. The second-order valence-electron chi connectivity index (χ2n) is 10.7. The molecule has 3 aliphatic rings. The van der Waals surface area contributed by atoms with E-state index in [-0.39, 0.29) is 17.8 Å². The largest absolute Gasteiger partial charge is 0.612 e. The van der Waals surface area contributed by atoms with E-state index in [2.05, 4.69) is 33.8 Å². The third-order valence-electron chi connectivity index (χ3n) is 7.37. The Bertz CT molecular complexity index is 1410. The zero-order valence-corrected chi connectivity index (χ0v) is 24.4. The number of aromatic nitrogens is 3. The summed E-state index contributed by atoms with van der Waals surface area (Å²) in [6, 6.07) is 3.50. The van der Waals surface area contributed by atoms with Crippen molar-refractivity contribution in [2.24, 2.45) is 15.9 Å². The lowest BCUT2D eigenvalue weighted by Crippen LogP contribution is -2.54. The lowest BCUT2D eigenvalue weighted by molar-refractivity contribution is -0.122. The number of methoxy groups -OCH3 is 1. The fraction of sp³-hybridized carbons (Fsp3) is 0.448. The molecule has 3 heterocycles. The Hall–Kier alpha value is -3.57. The molecule has 1 N–H and O–H groups in total. The van der Waals surface area contributed by atoms with Crippen LogP contribution in [0.2, 0.25) is 0 Å². The molecule has 2 saturated carbocycles. The van der Waals surface area contributed by atoms with Gasteiger partial charge in [0.15, 0.2) is 16.6 Å². The van der Waals surface area contributed by atoms with Crippen molar-refractivity contribution in [3.05, 3.63) is 59.5 Å².